The number of ether oxygens (including phenoxy) is 1. The molecule has 4 nitrogen and oxygen atoms in total. The fourth-order valence-corrected chi connectivity index (χ4v) is 2.44. The molecule has 0 aliphatic carbocycles. The van der Waals surface area contributed by atoms with Crippen LogP contribution in [0.5, 0.6) is 11.5 Å². The zero-order chi connectivity index (χ0) is 14.7. The van der Waals surface area contributed by atoms with Crippen LogP contribution in [-0.2, 0) is 5.33 Å². The molecule has 0 fully saturated rings. The van der Waals surface area contributed by atoms with E-state index < -0.39 is 10.7 Å². The smallest absolute Gasteiger partial charge is 0.311 e. The van der Waals surface area contributed by atoms with Crippen molar-refractivity contribution < 1.29 is 14.1 Å². The van der Waals surface area contributed by atoms with Crippen LogP contribution in [-0.4, -0.2) is 4.92 Å². The highest BCUT2D eigenvalue weighted by atomic mass is 79.9. The molecule has 2 rings (SSSR count). The standard InChI is InChI=1S/C13H8Br2FNO3/c14-7-8-5-9(15)1-4-12(8)20-13-6-10(16)2-3-11(13)17(18)19/h1-6H,7H2. The minimum atomic E-state index is -0.610. The van der Waals surface area contributed by atoms with Gasteiger partial charge >= 0.3 is 5.69 Å². The van der Waals surface area contributed by atoms with Crippen molar-refractivity contribution in [2.75, 3.05) is 0 Å². The third-order valence-corrected chi connectivity index (χ3v) is 3.60. The van der Waals surface area contributed by atoms with Crippen LogP contribution in [0.3, 0.4) is 0 Å². The molecule has 0 saturated heterocycles. The van der Waals surface area contributed by atoms with Crippen LogP contribution in [0, 0.1) is 15.9 Å². The van der Waals surface area contributed by atoms with E-state index in [1.807, 2.05) is 6.07 Å². The van der Waals surface area contributed by atoms with Gasteiger partial charge in [-0.3, -0.25) is 10.1 Å². The number of nitro groups is 1. The lowest BCUT2D eigenvalue weighted by Gasteiger charge is -2.10. The van der Waals surface area contributed by atoms with E-state index in [1.54, 1.807) is 12.1 Å². The third kappa shape index (κ3) is 3.34. The predicted octanol–water partition coefficient (Wildman–Crippen LogP) is 5.18. The second-order valence-electron chi connectivity index (χ2n) is 3.86. The van der Waals surface area contributed by atoms with Crippen molar-refractivity contribution in [2.45, 2.75) is 5.33 Å². The van der Waals surface area contributed by atoms with Gasteiger partial charge in [-0.2, -0.15) is 0 Å². The molecule has 0 bridgehead atoms. The summed E-state index contributed by atoms with van der Waals surface area (Å²) in [7, 11) is 0. The van der Waals surface area contributed by atoms with Crippen LogP contribution in [0.4, 0.5) is 10.1 Å². The molecule has 0 aliphatic heterocycles. The Kier molecular flexibility index (Phi) is 4.72. The Hall–Kier alpha value is -1.47. The van der Waals surface area contributed by atoms with Crippen molar-refractivity contribution in [3.8, 4) is 11.5 Å². The summed E-state index contributed by atoms with van der Waals surface area (Å²) in [5, 5.41) is 11.4. The van der Waals surface area contributed by atoms with E-state index in [1.165, 1.54) is 0 Å². The number of hydrogen-bond acceptors (Lipinski definition) is 3. The van der Waals surface area contributed by atoms with Crippen molar-refractivity contribution in [1.29, 1.82) is 0 Å². The van der Waals surface area contributed by atoms with Crippen molar-refractivity contribution >= 4 is 37.5 Å². The highest BCUT2D eigenvalue weighted by Gasteiger charge is 2.17. The Morgan fingerprint density at radius 2 is 1.95 bits per heavy atom. The van der Waals surface area contributed by atoms with Crippen LogP contribution >= 0.6 is 31.9 Å². The van der Waals surface area contributed by atoms with Gasteiger partial charge in [0.2, 0.25) is 5.75 Å². The molecular weight excluding hydrogens is 397 g/mol. The number of nitro benzene ring substituents is 1. The van der Waals surface area contributed by atoms with Crippen LogP contribution in [0.15, 0.2) is 40.9 Å². The maximum atomic E-state index is 13.2. The number of halogens is 3. The summed E-state index contributed by atoms with van der Waals surface area (Å²) in [6, 6.07) is 8.32. The van der Waals surface area contributed by atoms with E-state index >= 15 is 0 Å². The summed E-state index contributed by atoms with van der Waals surface area (Å²) in [5.41, 5.74) is 0.507. The molecule has 0 unspecified atom stereocenters. The normalized spacial score (nSPS) is 10.3. The lowest BCUT2D eigenvalue weighted by atomic mass is 10.2. The van der Waals surface area contributed by atoms with Crippen LogP contribution in [0.2, 0.25) is 0 Å². The van der Waals surface area contributed by atoms with E-state index in [0.717, 1.165) is 28.2 Å². The number of nitrogens with zero attached hydrogens (tertiary/aromatic N) is 1. The Bertz CT molecular complexity index is 664. The Labute approximate surface area is 131 Å². The Morgan fingerprint density at radius 3 is 2.60 bits per heavy atom. The number of rotatable bonds is 4. The summed E-state index contributed by atoms with van der Waals surface area (Å²) in [5.74, 6) is -0.290. The largest absolute Gasteiger partial charge is 0.450 e. The van der Waals surface area contributed by atoms with Gasteiger partial charge in [0.05, 0.1) is 4.92 Å². The zero-order valence-corrected chi connectivity index (χ0v) is 13.1. The fourth-order valence-electron chi connectivity index (χ4n) is 1.59. The molecule has 0 amide bonds. The van der Waals surface area contributed by atoms with Gasteiger partial charge in [-0.15, -0.1) is 0 Å². The number of alkyl halides is 1. The zero-order valence-electron chi connectivity index (χ0n) is 9.98. The SMILES string of the molecule is O=[N+]([O-])c1ccc(F)cc1Oc1ccc(Br)cc1CBr. The summed E-state index contributed by atoms with van der Waals surface area (Å²) >= 11 is 6.64. The average molecular weight is 405 g/mol. The maximum Gasteiger partial charge on any atom is 0.311 e. The van der Waals surface area contributed by atoms with E-state index in [4.69, 9.17) is 4.74 Å². The number of hydrogen-bond donors (Lipinski definition) is 0. The molecule has 0 atom stereocenters. The van der Waals surface area contributed by atoms with Crippen LogP contribution in [0.1, 0.15) is 5.56 Å². The Balaban J connectivity index is 2.44. The highest BCUT2D eigenvalue weighted by molar-refractivity contribution is 9.10. The second-order valence-corrected chi connectivity index (χ2v) is 5.33. The Morgan fingerprint density at radius 1 is 1.20 bits per heavy atom. The molecule has 0 aromatic heterocycles. The summed E-state index contributed by atoms with van der Waals surface area (Å²) in [6.45, 7) is 0. The molecule has 2 aromatic carbocycles. The first kappa shape index (κ1) is 14.9. The number of benzene rings is 2. The van der Waals surface area contributed by atoms with E-state index in [9.17, 15) is 14.5 Å². The van der Waals surface area contributed by atoms with E-state index in [2.05, 4.69) is 31.9 Å². The third-order valence-electron chi connectivity index (χ3n) is 2.50. The van der Waals surface area contributed by atoms with E-state index in [0.29, 0.717) is 11.1 Å². The van der Waals surface area contributed by atoms with Crippen molar-refractivity contribution in [3.63, 3.8) is 0 Å². The van der Waals surface area contributed by atoms with E-state index in [-0.39, 0.29) is 11.4 Å². The fraction of sp³-hybridized carbons (Fsp3) is 0.0769. The molecule has 0 heterocycles. The molecule has 0 N–H and O–H groups in total. The van der Waals surface area contributed by atoms with Crippen molar-refractivity contribution in [3.05, 3.63) is 62.4 Å². The lowest BCUT2D eigenvalue weighted by molar-refractivity contribution is -0.385. The maximum absolute atomic E-state index is 13.2. The molecular formula is C13H8Br2FNO3. The monoisotopic (exact) mass is 403 g/mol. The van der Waals surface area contributed by atoms with Gasteiger partial charge in [-0.25, -0.2) is 4.39 Å². The summed E-state index contributed by atoms with van der Waals surface area (Å²) in [4.78, 5) is 10.3. The molecule has 7 heteroatoms. The molecule has 0 saturated carbocycles. The summed E-state index contributed by atoms with van der Waals surface area (Å²) < 4.78 is 19.6. The first-order chi connectivity index (χ1) is 9.51. The molecule has 20 heavy (non-hydrogen) atoms. The first-order valence-electron chi connectivity index (χ1n) is 5.47. The predicted molar refractivity (Wildman–Crippen MR) is 79.9 cm³/mol. The van der Waals surface area contributed by atoms with Gasteiger partial charge in [-0.05, 0) is 24.3 Å². The average Bonchev–Trinajstić information content (AvgIpc) is 2.40. The summed E-state index contributed by atoms with van der Waals surface area (Å²) in [6.07, 6.45) is 0. The highest BCUT2D eigenvalue weighted by Crippen LogP contribution is 2.35. The van der Waals surface area contributed by atoms with Gasteiger partial charge in [0.15, 0.2) is 0 Å². The molecule has 0 spiro atoms. The van der Waals surface area contributed by atoms with Gasteiger partial charge < -0.3 is 4.74 Å². The minimum Gasteiger partial charge on any atom is -0.450 e. The van der Waals surface area contributed by atoms with Crippen molar-refractivity contribution in [1.82, 2.24) is 0 Å². The van der Waals surface area contributed by atoms with Gasteiger partial charge in [-0.1, -0.05) is 31.9 Å². The minimum absolute atomic E-state index is 0.125. The lowest BCUT2D eigenvalue weighted by Crippen LogP contribution is -1.96. The topological polar surface area (TPSA) is 52.4 Å². The molecule has 104 valence electrons. The first-order valence-corrected chi connectivity index (χ1v) is 7.39. The van der Waals surface area contributed by atoms with Crippen LogP contribution < -0.4 is 4.74 Å². The van der Waals surface area contributed by atoms with Gasteiger partial charge in [0.1, 0.15) is 11.6 Å². The molecule has 0 radical (unpaired) electrons. The van der Waals surface area contributed by atoms with Gasteiger partial charge in [0.25, 0.3) is 0 Å². The van der Waals surface area contributed by atoms with Crippen molar-refractivity contribution in [2.24, 2.45) is 0 Å². The van der Waals surface area contributed by atoms with Gasteiger partial charge in [0, 0.05) is 27.5 Å². The molecule has 0 aliphatic rings. The molecule has 2 aromatic rings. The quantitative estimate of drug-likeness (QED) is 0.400. The second kappa shape index (κ2) is 6.32. The van der Waals surface area contributed by atoms with Crippen LogP contribution in [0.25, 0.3) is 0 Å².